The number of halogens is 2. The first-order valence-corrected chi connectivity index (χ1v) is 7.88. The summed E-state index contributed by atoms with van der Waals surface area (Å²) >= 11 is 0. The Hall–Kier alpha value is -0.690. The van der Waals surface area contributed by atoms with E-state index in [1.165, 1.54) is 22.5 Å². The molecule has 1 atom stereocenters. The lowest BCUT2D eigenvalue weighted by molar-refractivity contribution is 0.349. The molecule has 1 heterocycles. The Labute approximate surface area is 125 Å². The second kappa shape index (κ2) is 6.39. The van der Waals surface area contributed by atoms with Gasteiger partial charge in [-0.3, -0.25) is 0 Å². The summed E-state index contributed by atoms with van der Waals surface area (Å²) in [4.78, 5) is 0. The molecule has 1 unspecified atom stereocenters. The summed E-state index contributed by atoms with van der Waals surface area (Å²) in [7, 11) is -3.40. The molecule has 7 heteroatoms. The van der Waals surface area contributed by atoms with Gasteiger partial charge in [-0.2, -0.15) is 0 Å². The molecule has 2 rings (SSSR count). The van der Waals surface area contributed by atoms with Crippen LogP contribution < -0.4 is 5.73 Å². The SMILES string of the molecule is CC1(CN)CCN(S(=O)(=O)Cc2cccc(F)c2)C1.Cl. The van der Waals surface area contributed by atoms with E-state index in [0.29, 0.717) is 25.2 Å². The fourth-order valence-electron chi connectivity index (χ4n) is 2.31. The lowest BCUT2D eigenvalue weighted by atomic mass is 9.90. The highest BCUT2D eigenvalue weighted by Crippen LogP contribution is 2.31. The maximum absolute atomic E-state index is 13.1. The van der Waals surface area contributed by atoms with Crippen LogP contribution in [0.2, 0.25) is 0 Å². The van der Waals surface area contributed by atoms with Crippen molar-refractivity contribution in [1.29, 1.82) is 0 Å². The van der Waals surface area contributed by atoms with Gasteiger partial charge in [0.2, 0.25) is 10.0 Å². The van der Waals surface area contributed by atoms with E-state index in [1.54, 1.807) is 6.07 Å². The van der Waals surface area contributed by atoms with E-state index < -0.39 is 15.8 Å². The molecular weight excluding hydrogens is 303 g/mol. The van der Waals surface area contributed by atoms with Crippen LogP contribution in [0, 0.1) is 11.2 Å². The number of rotatable bonds is 4. The highest BCUT2D eigenvalue weighted by Gasteiger charge is 2.38. The minimum absolute atomic E-state index is 0. The first-order valence-electron chi connectivity index (χ1n) is 6.27. The number of nitrogens with zero attached hydrogens (tertiary/aromatic N) is 1. The zero-order valence-corrected chi connectivity index (χ0v) is 13.0. The van der Waals surface area contributed by atoms with Crippen LogP contribution in [-0.2, 0) is 15.8 Å². The molecule has 1 aromatic carbocycles. The molecule has 0 aromatic heterocycles. The smallest absolute Gasteiger partial charge is 0.218 e. The molecule has 1 aliphatic rings. The molecule has 20 heavy (non-hydrogen) atoms. The number of hydrogen-bond donors (Lipinski definition) is 1. The van der Waals surface area contributed by atoms with Crippen LogP contribution in [-0.4, -0.2) is 32.4 Å². The van der Waals surface area contributed by atoms with Crippen LogP contribution in [0.4, 0.5) is 4.39 Å². The highest BCUT2D eigenvalue weighted by atomic mass is 35.5. The third-order valence-corrected chi connectivity index (χ3v) is 5.44. The fraction of sp³-hybridized carbons (Fsp3) is 0.538. The van der Waals surface area contributed by atoms with E-state index in [4.69, 9.17) is 5.73 Å². The molecule has 1 aromatic rings. The van der Waals surface area contributed by atoms with Gasteiger partial charge in [-0.1, -0.05) is 19.1 Å². The lowest BCUT2D eigenvalue weighted by Crippen LogP contribution is -2.35. The van der Waals surface area contributed by atoms with Crippen molar-refractivity contribution >= 4 is 22.4 Å². The minimum Gasteiger partial charge on any atom is -0.330 e. The summed E-state index contributed by atoms with van der Waals surface area (Å²) < 4.78 is 39.1. The predicted molar refractivity (Wildman–Crippen MR) is 79.6 cm³/mol. The van der Waals surface area contributed by atoms with Gasteiger partial charge in [-0.05, 0) is 36.1 Å². The van der Waals surface area contributed by atoms with Crippen molar-refractivity contribution in [2.45, 2.75) is 19.1 Å². The molecule has 0 amide bonds. The number of benzene rings is 1. The average molecular weight is 323 g/mol. The third kappa shape index (κ3) is 3.91. The quantitative estimate of drug-likeness (QED) is 0.918. The topological polar surface area (TPSA) is 63.4 Å². The second-order valence-corrected chi connectivity index (χ2v) is 7.45. The predicted octanol–water partition coefficient (Wildman–Crippen LogP) is 1.75. The van der Waals surface area contributed by atoms with Crippen molar-refractivity contribution in [3.8, 4) is 0 Å². The van der Waals surface area contributed by atoms with Gasteiger partial charge in [-0.25, -0.2) is 17.1 Å². The highest BCUT2D eigenvalue weighted by molar-refractivity contribution is 7.88. The monoisotopic (exact) mass is 322 g/mol. The van der Waals surface area contributed by atoms with Crippen LogP contribution >= 0.6 is 12.4 Å². The molecule has 0 saturated carbocycles. The Morgan fingerprint density at radius 2 is 2.15 bits per heavy atom. The Morgan fingerprint density at radius 3 is 2.70 bits per heavy atom. The normalized spacial score (nSPS) is 23.6. The van der Waals surface area contributed by atoms with Crippen LogP contribution in [0.1, 0.15) is 18.9 Å². The van der Waals surface area contributed by atoms with Crippen molar-refractivity contribution in [3.05, 3.63) is 35.6 Å². The third-order valence-electron chi connectivity index (χ3n) is 3.65. The molecule has 0 aliphatic carbocycles. The van der Waals surface area contributed by atoms with Gasteiger partial charge in [-0.15, -0.1) is 12.4 Å². The Morgan fingerprint density at radius 1 is 1.45 bits per heavy atom. The second-order valence-electron chi connectivity index (χ2n) is 5.48. The first-order chi connectivity index (χ1) is 8.85. The largest absolute Gasteiger partial charge is 0.330 e. The van der Waals surface area contributed by atoms with E-state index in [9.17, 15) is 12.8 Å². The van der Waals surface area contributed by atoms with Gasteiger partial charge >= 0.3 is 0 Å². The standard InChI is InChI=1S/C13H19FN2O2S.ClH/c1-13(9-15)5-6-16(10-13)19(17,18)8-11-3-2-4-12(14)7-11;/h2-4,7H,5-6,8-10,15H2,1H3;1H. The average Bonchev–Trinajstić information content (AvgIpc) is 2.73. The van der Waals surface area contributed by atoms with Gasteiger partial charge < -0.3 is 5.73 Å². The van der Waals surface area contributed by atoms with E-state index in [0.717, 1.165) is 6.42 Å². The zero-order chi connectivity index (χ0) is 14.1. The van der Waals surface area contributed by atoms with Gasteiger partial charge in [0.05, 0.1) is 5.75 Å². The number of hydrogen-bond acceptors (Lipinski definition) is 3. The maximum Gasteiger partial charge on any atom is 0.218 e. The van der Waals surface area contributed by atoms with Gasteiger partial charge in [0.1, 0.15) is 5.82 Å². The van der Waals surface area contributed by atoms with Crippen molar-refractivity contribution < 1.29 is 12.8 Å². The Kier molecular flexibility index (Phi) is 5.54. The molecule has 114 valence electrons. The van der Waals surface area contributed by atoms with Crippen molar-refractivity contribution in [2.75, 3.05) is 19.6 Å². The van der Waals surface area contributed by atoms with Crippen LogP contribution in [0.25, 0.3) is 0 Å². The summed E-state index contributed by atoms with van der Waals surface area (Å²) in [6, 6.07) is 5.71. The van der Waals surface area contributed by atoms with Crippen LogP contribution in [0.15, 0.2) is 24.3 Å². The summed E-state index contributed by atoms with van der Waals surface area (Å²) in [6.07, 6.45) is 0.770. The summed E-state index contributed by atoms with van der Waals surface area (Å²) in [6.45, 7) is 3.40. The van der Waals surface area contributed by atoms with Crippen molar-refractivity contribution in [2.24, 2.45) is 11.1 Å². The number of sulfonamides is 1. The first kappa shape index (κ1) is 17.4. The zero-order valence-electron chi connectivity index (χ0n) is 11.4. The molecule has 2 N–H and O–H groups in total. The molecule has 0 bridgehead atoms. The summed E-state index contributed by atoms with van der Waals surface area (Å²) in [5.41, 5.74) is 6.00. The molecule has 0 spiro atoms. The minimum atomic E-state index is -3.40. The molecule has 1 fully saturated rings. The molecule has 0 radical (unpaired) electrons. The molecular formula is C13H20ClFN2O2S. The van der Waals surface area contributed by atoms with Crippen molar-refractivity contribution in [3.63, 3.8) is 0 Å². The Bertz CT molecular complexity index is 567. The van der Waals surface area contributed by atoms with E-state index >= 15 is 0 Å². The van der Waals surface area contributed by atoms with Crippen molar-refractivity contribution in [1.82, 2.24) is 4.31 Å². The molecule has 1 aliphatic heterocycles. The lowest BCUT2D eigenvalue weighted by Gasteiger charge is -2.22. The van der Waals surface area contributed by atoms with Crippen LogP contribution in [0.5, 0.6) is 0 Å². The molecule has 1 saturated heterocycles. The van der Waals surface area contributed by atoms with Gasteiger partial charge in [0, 0.05) is 13.1 Å². The number of nitrogens with two attached hydrogens (primary N) is 1. The summed E-state index contributed by atoms with van der Waals surface area (Å²) in [5.74, 6) is -0.577. The molecule has 4 nitrogen and oxygen atoms in total. The van der Waals surface area contributed by atoms with Gasteiger partial charge in [0.15, 0.2) is 0 Å². The van der Waals surface area contributed by atoms with Gasteiger partial charge in [0.25, 0.3) is 0 Å². The Balaban J connectivity index is 0.00000200. The van der Waals surface area contributed by atoms with E-state index in [-0.39, 0.29) is 23.6 Å². The summed E-state index contributed by atoms with van der Waals surface area (Å²) in [5, 5.41) is 0. The fourth-order valence-corrected chi connectivity index (χ4v) is 3.97. The van der Waals surface area contributed by atoms with E-state index in [2.05, 4.69) is 0 Å². The maximum atomic E-state index is 13.1. The van der Waals surface area contributed by atoms with Crippen LogP contribution in [0.3, 0.4) is 0 Å². The van der Waals surface area contributed by atoms with E-state index in [1.807, 2.05) is 6.92 Å².